The summed E-state index contributed by atoms with van der Waals surface area (Å²) < 4.78 is 13.0. The molecule has 10 nitrogen and oxygen atoms in total. The molecule has 1 aliphatic carbocycles. The average Bonchev–Trinajstić information content (AvgIpc) is 3.78. The number of benzene rings is 1. The third-order valence-corrected chi connectivity index (χ3v) is 10.5. The zero-order valence-corrected chi connectivity index (χ0v) is 25.2. The van der Waals surface area contributed by atoms with Crippen molar-refractivity contribution in [1.82, 2.24) is 39.1 Å². The minimum atomic E-state index is -0.301. The molecule has 11 heteroatoms. The summed E-state index contributed by atoms with van der Waals surface area (Å²) in [5.41, 5.74) is 6.51. The van der Waals surface area contributed by atoms with Crippen molar-refractivity contribution in [3.05, 3.63) is 60.3 Å². The molecule has 42 heavy (non-hydrogen) atoms. The van der Waals surface area contributed by atoms with E-state index in [2.05, 4.69) is 61.2 Å². The van der Waals surface area contributed by atoms with Crippen LogP contribution in [-0.4, -0.2) is 73.7 Å². The quantitative estimate of drug-likeness (QED) is 0.253. The van der Waals surface area contributed by atoms with Crippen molar-refractivity contribution in [2.24, 2.45) is 5.41 Å². The van der Waals surface area contributed by atoms with Crippen LogP contribution in [0, 0.1) is 15.6 Å². The third-order valence-electron chi connectivity index (χ3n) is 9.32. The number of pyridine rings is 1. The normalized spacial score (nSPS) is 20.4. The van der Waals surface area contributed by atoms with Crippen LogP contribution >= 0.6 is 0 Å². The van der Waals surface area contributed by atoms with Gasteiger partial charge in [-0.05, 0) is 31.2 Å². The van der Waals surface area contributed by atoms with Gasteiger partial charge in [-0.3, -0.25) is 4.90 Å². The van der Waals surface area contributed by atoms with Gasteiger partial charge < -0.3 is 0 Å². The molecule has 214 valence electrons. The molecule has 1 aromatic carbocycles. The van der Waals surface area contributed by atoms with E-state index in [4.69, 9.17) is 14.8 Å². The summed E-state index contributed by atoms with van der Waals surface area (Å²) in [6.45, 7) is 4.74. The topological polar surface area (TPSA) is 102 Å². The van der Waals surface area contributed by atoms with Crippen molar-refractivity contribution in [3.63, 3.8) is 0 Å². The van der Waals surface area contributed by atoms with E-state index in [1.54, 1.807) is 0 Å². The molecule has 4 aromatic heterocycles. The number of nitriles is 1. The summed E-state index contributed by atoms with van der Waals surface area (Å²) in [7, 11) is 0. The molecule has 0 bridgehead atoms. The molecule has 0 N–H and O–H groups in total. The first-order valence-electron chi connectivity index (χ1n) is 14.9. The van der Waals surface area contributed by atoms with E-state index in [0.717, 1.165) is 70.4 Å². The molecule has 0 amide bonds. The molecule has 2 saturated heterocycles. The van der Waals surface area contributed by atoms with Crippen LogP contribution < -0.4 is 4.46 Å². The Morgan fingerprint density at radius 1 is 1.07 bits per heavy atom. The molecule has 2 aliphatic heterocycles. The Kier molecular flexibility index (Phi) is 6.60. The third kappa shape index (κ3) is 4.82. The van der Waals surface area contributed by atoms with Gasteiger partial charge in [0.1, 0.15) is 0 Å². The van der Waals surface area contributed by atoms with Gasteiger partial charge >= 0.3 is 195 Å². The summed E-state index contributed by atoms with van der Waals surface area (Å²) in [6.07, 6.45) is 16.8. The van der Waals surface area contributed by atoms with E-state index >= 15 is 0 Å². The Balaban J connectivity index is 1.03. The number of likely N-dealkylation sites (tertiary alicyclic amines) is 1. The van der Waals surface area contributed by atoms with Crippen LogP contribution in [0.25, 0.3) is 27.8 Å². The monoisotopic (exact) mass is 627 g/mol. The number of hydrogen-bond acceptors (Lipinski definition) is 7. The SMILES string of the molecule is N#C[Se]c1cc(-c2cn(Cc3cn4cc(CN5CCC6(CCC6)C5)ccc4n3)nn2)c2cnn(C3CCCCO3)c2c1. The summed E-state index contributed by atoms with van der Waals surface area (Å²) in [6, 6.07) is 8.48. The fourth-order valence-electron chi connectivity index (χ4n) is 7.02. The van der Waals surface area contributed by atoms with Gasteiger partial charge in [0.25, 0.3) is 0 Å². The van der Waals surface area contributed by atoms with Gasteiger partial charge in [-0.25, -0.2) is 0 Å². The number of fused-ring (bicyclic) bond motifs is 2. The molecule has 0 radical (unpaired) electrons. The number of imidazole rings is 1. The molecule has 1 spiro atoms. The van der Waals surface area contributed by atoms with Crippen molar-refractivity contribution in [2.45, 2.75) is 64.3 Å². The number of hydrogen-bond donors (Lipinski definition) is 0. The van der Waals surface area contributed by atoms with Crippen LogP contribution in [0.3, 0.4) is 0 Å². The molecule has 5 aromatic rings. The fraction of sp³-hybridized carbons (Fsp3) is 0.452. The number of nitrogens with zero attached hydrogens (tertiary/aromatic N) is 9. The predicted molar refractivity (Wildman–Crippen MR) is 159 cm³/mol. The molecular weight excluding hydrogens is 593 g/mol. The maximum atomic E-state index is 9.46. The fourth-order valence-corrected chi connectivity index (χ4v) is 7.97. The van der Waals surface area contributed by atoms with Crippen LogP contribution in [0.1, 0.15) is 62.4 Å². The Bertz CT molecular complexity index is 1800. The first-order chi connectivity index (χ1) is 20.6. The van der Waals surface area contributed by atoms with Crippen LogP contribution in [-0.2, 0) is 17.8 Å². The first kappa shape index (κ1) is 26.1. The van der Waals surface area contributed by atoms with Gasteiger partial charge in [0.2, 0.25) is 0 Å². The van der Waals surface area contributed by atoms with Gasteiger partial charge in [0.05, 0.1) is 0 Å². The van der Waals surface area contributed by atoms with E-state index in [1.807, 2.05) is 21.8 Å². The second-order valence-corrected chi connectivity index (χ2v) is 14.0. The average molecular weight is 627 g/mol. The molecule has 3 aliphatic rings. The molecule has 1 saturated carbocycles. The number of aromatic nitrogens is 7. The van der Waals surface area contributed by atoms with Crippen molar-refractivity contribution in [1.29, 1.82) is 5.26 Å². The Morgan fingerprint density at radius 2 is 2.02 bits per heavy atom. The van der Waals surface area contributed by atoms with Gasteiger partial charge in [0, 0.05) is 13.1 Å². The molecule has 6 heterocycles. The second kappa shape index (κ2) is 10.6. The second-order valence-electron chi connectivity index (χ2n) is 12.2. The molecular formula is C31H33N9OSe. The van der Waals surface area contributed by atoms with Crippen molar-refractivity contribution >= 4 is 36.0 Å². The Hall–Kier alpha value is -3.55. The van der Waals surface area contributed by atoms with Crippen molar-refractivity contribution in [3.8, 4) is 16.2 Å². The van der Waals surface area contributed by atoms with Crippen LogP contribution in [0.5, 0.6) is 0 Å². The molecule has 1 unspecified atom stereocenters. The summed E-state index contributed by atoms with van der Waals surface area (Å²) in [5.74, 6) is 0. The molecule has 8 rings (SSSR count). The molecule has 1 atom stereocenters. The van der Waals surface area contributed by atoms with E-state index in [0.29, 0.717) is 12.0 Å². The van der Waals surface area contributed by atoms with Crippen LogP contribution in [0.4, 0.5) is 0 Å². The zero-order chi connectivity index (χ0) is 28.1. The van der Waals surface area contributed by atoms with Gasteiger partial charge in [-0.15, -0.1) is 0 Å². The van der Waals surface area contributed by atoms with E-state index in [-0.39, 0.29) is 21.2 Å². The van der Waals surface area contributed by atoms with Crippen molar-refractivity contribution in [2.75, 3.05) is 19.7 Å². The predicted octanol–water partition coefficient (Wildman–Crippen LogP) is 3.88. The standard InChI is InChI=1S/C31H33N9OSe/c32-21-42-24-12-25(26-14-33-40(28(26)13-24)30-4-1-2-11-41-30)27-19-39(36-35-27)18-23-17-38-16-22(5-6-29(38)34-23)15-37-10-9-31(20-37)7-3-8-31/h5-6,12-14,16-17,19,30H,1-4,7-11,15,18,20H2. The molecule has 3 fully saturated rings. The Morgan fingerprint density at radius 3 is 2.83 bits per heavy atom. The van der Waals surface area contributed by atoms with Gasteiger partial charge in [0.15, 0.2) is 0 Å². The van der Waals surface area contributed by atoms with Crippen molar-refractivity contribution < 1.29 is 4.74 Å². The van der Waals surface area contributed by atoms with Crippen LogP contribution in [0.15, 0.2) is 49.1 Å². The zero-order valence-electron chi connectivity index (χ0n) is 23.5. The van der Waals surface area contributed by atoms with E-state index in [1.165, 1.54) is 44.3 Å². The van der Waals surface area contributed by atoms with E-state index < -0.39 is 0 Å². The van der Waals surface area contributed by atoms with Crippen LogP contribution in [0.2, 0.25) is 0 Å². The number of ether oxygens (including phenoxy) is 1. The Labute approximate surface area is 250 Å². The van der Waals surface area contributed by atoms with E-state index in [9.17, 15) is 5.26 Å². The van der Waals surface area contributed by atoms with Gasteiger partial charge in [-0.2, -0.15) is 0 Å². The summed E-state index contributed by atoms with van der Waals surface area (Å²) in [4.78, 5) is 9.82. The summed E-state index contributed by atoms with van der Waals surface area (Å²) in [5, 5.41) is 24.1. The summed E-state index contributed by atoms with van der Waals surface area (Å²) >= 11 is -0.301. The maximum absolute atomic E-state index is 9.46. The minimum absolute atomic E-state index is 0.0741. The first-order valence-corrected chi connectivity index (χ1v) is 16.6. The number of rotatable bonds is 7. The van der Waals surface area contributed by atoms with Gasteiger partial charge in [-0.1, -0.05) is 6.42 Å².